The first kappa shape index (κ1) is 21.5. The zero-order valence-electron chi connectivity index (χ0n) is 9.91. The van der Waals surface area contributed by atoms with Crippen molar-refractivity contribution < 1.29 is 57.4 Å². The summed E-state index contributed by atoms with van der Waals surface area (Å²) < 4.78 is 44.0. The molecule has 0 aromatic rings. The number of hydrogen-bond donors (Lipinski definition) is 10. The van der Waals surface area contributed by atoms with Crippen molar-refractivity contribution in [3.63, 3.8) is 0 Å². The summed E-state index contributed by atoms with van der Waals surface area (Å²) >= 11 is 0. The van der Waals surface area contributed by atoms with E-state index in [0.717, 1.165) is 0 Å². The van der Waals surface area contributed by atoms with Crippen LogP contribution in [0.15, 0.2) is 0 Å². The van der Waals surface area contributed by atoms with Crippen LogP contribution in [0.3, 0.4) is 0 Å². The van der Waals surface area contributed by atoms with Crippen molar-refractivity contribution in [2.24, 2.45) is 0 Å². The number of rotatable bonds is 8. The van der Waals surface area contributed by atoms with Gasteiger partial charge >= 0.3 is 30.4 Å². The van der Waals surface area contributed by atoms with Crippen LogP contribution in [0.1, 0.15) is 0 Å². The molecule has 0 saturated carbocycles. The summed E-state index contributed by atoms with van der Waals surface area (Å²) in [7, 11) is -21.7. The van der Waals surface area contributed by atoms with Gasteiger partial charge in [-0.15, -0.1) is 0 Å². The Hall–Kier alpha value is 0.520. The van der Waals surface area contributed by atoms with Gasteiger partial charge in [-0.25, -0.2) is 0 Å². The van der Waals surface area contributed by atoms with E-state index in [4.69, 9.17) is 39.1 Å². The highest BCUT2D eigenvalue weighted by Crippen LogP contribution is 2.66. The Bertz CT molecular complexity index is 499. The molecule has 0 radical (unpaired) electrons. The van der Waals surface area contributed by atoms with Crippen LogP contribution in [-0.2, 0) is 18.3 Å². The predicted octanol–water partition coefficient (Wildman–Crippen LogP) is -2.60. The van der Waals surface area contributed by atoms with E-state index in [-0.39, 0.29) is 0 Å². The van der Waals surface area contributed by atoms with Gasteiger partial charge in [0.15, 0.2) is 0 Å². The minimum absolute atomic E-state index is 1.28. The lowest BCUT2D eigenvalue weighted by Gasteiger charge is -2.36. The lowest BCUT2D eigenvalue weighted by Crippen LogP contribution is -2.56. The molecule has 18 heteroatoms. The molecule has 0 aromatic heterocycles. The summed E-state index contributed by atoms with van der Waals surface area (Å²) in [6.45, 7) is 0. The topological polar surface area (TPSA) is 254 Å². The van der Waals surface area contributed by atoms with Crippen LogP contribution < -0.4 is 10.6 Å². The molecule has 0 rings (SSSR count). The van der Waals surface area contributed by atoms with Crippen molar-refractivity contribution in [2.45, 2.75) is 5.15 Å². The second-order valence-corrected chi connectivity index (χ2v) is 10.9. The van der Waals surface area contributed by atoms with E-state index in [1.165, 1.54) is 10.6 Å². The molecule has 0 aliphatic carbocycles. The fourth-order valence-corrected chi connectivity index (χ4v) is 4.95. The Morgan fingerprint density at radius 1 is 0.619 bits per heavy atom. The van der Waals surface area contributed by atoms with Gasteiger partial charge in [0.2, 0.25) is 0 Å². The van der Waals surface area contributed by atoms with Crippen LogP contribution in [0, 0.1) is 0 Å². The van der Waals surface area contributed by atoms with Crippen molar-refractivity contribution in [3.8, 4) is 0 Å². The van der Waals surface area contributed by atoms with E-state index >= 15 is 0 Å². The van der Waals surface area contributed by atoms with E-state index in [1.54, 1.807) is 0 Å². The maximum Gasteiger partial charge on any atom is 0.372 e. The summed E-state index contributed by atoms with van der Waals surface area (Å²) in [6.07, 6.45) is -3.14. The maximum atomic E-state index is 11.3. The van der Waals surface area contributed by atoms with Crippen LogP contribution in [0.25, 0.3) is 0 Å². The smallest absolute Gasteiger partial charge is 0.324 e. The second-order valence-electron chi connectivity index (χ2n) is 3.76. The van der Waals surface area contributed by atoms with Gasteiger partial charge in [0.25, 0.3) is 5.15 Å². The molecule has 0 aliphatic rings. The summed E-state index contributed by atoms with van der Waals surface area (Å²) in [5, 5.41) is -1.20. The van der Waals surface area contributed by atoms with Gasteiger partial charge in [-0.05, 0) is 0 Å². The fraction of sp³-hybridized carbons (Fsp3) is 1.00. The molecule has 10 N–H and O–H groups in total. The maximum absolute atomic E-state index is 11.3. The van der Waals surface area contributed by atoms with Gasteiger partial charge in [-0.2, -0.15) is 0 Å². The molecule has 0 fully saturated rings. The normalized spacial score (nSPS) is 15.2. The molecule has 0 atom stereocenters. The average molecular weight is 394 g/mol. The first-order chi connectivity index (χ1) is 8.91. The van der Waals surface area contributed by atoms with Gasteiger partial charge < -0.3 is 39.1 Å². The predicted molar refractivity (Wildman–Crippen MR) is 66.9 cm³/mol. The number of hydrogen-bond acceptors (Lipinski definition) is 6. The Balaban J connectivity index is 5.80. The molecule has 21 heavy (non-hydrogen) atoms. The lowest BCUT2D eigenvalue weighted by molar-refractivity contribution is 0.267. The Morgan fingerprint density at radius 3 is 1.00 bits per heavy atom. The van der Waals surface area contributed by atoms with Gasteiger partial charge in [0.05, 0.1) is 0 Å². The van der Waals surface area contributed by atoms with Crippen molar-refractivity contribution >= 4 is 30.4 Å². The summed E-state index contributed by atoms with van der Waals surface area (Å²) in [6, 6.07) is 0. The third-order valence-electron chi connectivity index (χ3n) is 1.91. The molecule has 128 valence electrons. The standard InChI is InChI=1S/C3H14N2O12P4/c6-18(7,8)1-4-3(20(12,13)14,21(15,16)17)5-2-19(9,10)11/h4-5H,1-2H2,(H2,6,7,8)(H2,9,10,11)(H2,12,13,14)(H2,15,16,17). The van der Waals surface area contributed by atoms with E-state index in [0.29, 0.717) is 0 Å². The second kappa shape index (κ2) is 6.56. The molecule has 0 saturated heterocycles. The SMILES string of the molecule is O=P(O)(O)CNC(NCP(=O)(O)O)(P(=O)(O)O)P(=O)(O)O. The molecule has 0 heterocycles. The molecule has 0 aromatic carbocycles. The zero-order valence-corrected chi connectivity index (χ0v) is 13.5. The first-order valence-electron chi connectivity index (χ1n) is 4.62. The lowest BCUT2D eigenvalue weighted by atomic mass is 10.9. The van der Waals surface area contributed by atoms with Gasteiger partial charge in [0.1, 0.15) is 12.6 Å². The largest absolute Gasteiger partial charge is 0.372 e. The molecule has 0 bridgehead atoms. The van der Waals surface area contributed by atoms with Crippen molar-refractivity contribution in [1.82, 2.24) is 10.6 Å². The monoisotopic (exact) mass is 394 g/mol. The highest BCUT2D eigenvalue weighted by atomic mass is 31.2. The fourth-order valence-electron chi connectivity index (χ4n) is 1.07. The van der Waals surface area contributed by atoms with E-state index in [1.807, 2.05) is 0 Å². The highest BCUT2D eigenvalue weighted by Gasteiger charge is 2.61. The first-order valence-corrected chi connectivity index (χ1v) is 11.4. The molecule has 0 spiro atoms. The van der Waals surface area contributed by atoms with Crippen LogP contribution in [0.5, 0.6) is 0 Å². The van der Waals surface area contributed by atoms with Crippen molar-refractivity contribution in [2.75, 3.05) is 12.6 Å². The van der Waals surface area contributed by atoms with Crippen LogP contribution in [0.4, 0.5) is 0 Å². The van der Waals surface area contributed by atoms with Crippen LogP contribution in [0.2, 0.25) is 0 Å². The van der Waals surface area contributed by atoms with Crippen LogP contribution >= 0.6 is 30.4 Å². The van der Waals surface area contributed by atoms with Gasteiger partial charge in [-0.1, -0.05) is 0 Å². The van der Waals surface area contributed by atoms with Crippen LogP contribution in [-0.4, -0.2) is 56.9 Å². The summed E-state index contributed by atoms with van der Waals surface area (Å²) in [4.78, 5) is 70.6. The molecule has 0 aliphatic heterocycles. The zero-order chi connectivity index (χ0) is 17.3. The molecule has 14 nitrogen and oxygen atoms in total. The summed E-state index contributed by atoms with van der Waals surface area (Å²) in [5.74, 6) is 0. The minimum Gasteiger partial charge on any atom is -0.324 e. The Labute approximate surface area is 117 Å². The minimum atomic E-state index is -5.87. The third kappa shape index (κ3) is 6.66. The van der Waals surface area contributed by atoms with Crippen molar-refractivity contribution in [1.29, 1.82) is 0 Å². The Morgan fingerprint density at radius 2 is 0.857 bits per heavy atom. The van der Waals surface area contributed by atoms with Gasteiger partial charge in [-0.3, -0.25) is 28.9 Å². The number of nitrogens with one attached hydrogen (secondary N) is 2. The molecular formula is C3H14N2O12P4. The van der Waals surface area contributed by atoms with E-state index < -0.39 is 48.1 Å². The molecular weight excluding hydrogens is 380 g/mol. The third-order valence-corrected chi connectivity index (χ3v) is 6.93. The van der Waals surface area contributed by atoms with E-state index in [9.17, 15) is 18.3 Å². The average Bonchev–Trinajstić information content (AvgIpc) is 2.09. The molecule has 0 unspecified atom stereocenters. The Kier molecular flexibility index (Phi) is 6.72. The van der Waals surface area contributed by atoms with E-state index in [2.05, 4.69) is 0 Å². The summed E-state index contributed by atoms with van der Waals surface area (Å²) in [5.41, 5.74) is 0. The van der Waals surface area contributed by atoms with Crippen molar-refractivity contribution in [3.05, 3.63) is 0 Å². The molecule has 0 amide bonds. The highest BCUT2D eigenvalue weighted by molar-refractivity contribution is 7.72. The van der Waals surface area contributed by atoms with Gasteiger partial charge in [0, 0.05) is 0 Å². The quantitative estimate of drug-likeness (QED) is 0.150.